The van der Waals surface area contributed by atoms with Crippen LogP contribution in [0.3, 0.4) is 0 Å². The van der Waals surface area contributed by atoms with Crippen molar-refractivity contribution in [3.63, 3.8) is 0 Å². The zero-order valence-corrected chi connectivity index (χ0v) is 12.2. The van der Waals surface area contributed by atoms with Crippen molar-refractivity contribution in [2.45, 2.75) is 0 Å². The number of amides is 1. The molecule has 8 heteroatoms. The van der Waals surface area contributed by atoms with Crippen molar-refractivity contribution >= 4 is 44.3 Å². The van der Waals surface area contributed by atoms with Gasteiger partial charge in [0.25, 0.3) is 5.91 Å². The lowest BCUT2D eigenvalue weighted by Crippen LogP contribution is -2.12. The maximum absolute atomic E-state index is 11.9. The molecule has 0 saturated heterocycles. The van der Waals surface area contributed by atoms with Gasteiger partial charge >= 0.3 is 0 Å². The highest BCUT2D eigenvalue weighted by Gasteiger charge is 2.11. The molecule has 0 unspecified atom stereocenters. The van der Waals surface area contributed by atoms with E-state index >= 15 is 0 Å². The molecule has 1 aromatic heterocycles. The fraction of sp³-hybridized carbons (Fsp3) is 0.0833. The maximum atomic E-state index is 11.9. The van der Waals surface area contributed by atoms with Crippen LogP contribution in [-0.2, 0) is 10.0 Å². The van der Waals surface area contributed by atoms with E-state index in [1.807, 2.05) is 0 Å². The normalized spacial score (nSPS) is 11.1. The summed E-state index contributed by atoms with van der Waals surface area (Å²) in [6.45, 7) is 0. The lowest BCUT2D eigenvalue weighted by molar-refractivity contribution is 0.103. The van der Waals surface area contributed by atoms with Gasteiger partial charge in [-0.05, 0) is 35.7 Å². The van der Waals surface area contributed by atoms with Crippen LogP contribution >= 0.6 is 11.3 Å². The van der Waals surface area contributed by atoms with Crippen LogP contribution in [0.2, 0.25) is 0 Å². The summed E-state index contributed by atoms with van der Waals surface area (Å²) in [6.07, 6.45) is 1.07. The minimum atomic E-state index is -3.31. The number of anilines is 3. The average molecular weight is 311 g/mol. The van der Waals surface area contributed by atoms with E-state index in [0.29, 0.717) is 21.9 Å². The number of nitrogen functional groups attached to an aromatic ring is 1. The molecule has 4 N–H and O–H groups in total. The molecular formula is C12H13N3O3S2. The predicted molar refractivity (Wildman–Crippen MR) is 81.6 cm³/mol. The third-order valence-corrected chi connectivity index (χ3v) is 3.88. The number of thiophene rings is 1. The topological polar surface area (TPSA) is 101 Å². The highest BCUT2D eigenvalue weighted by Crippen LogP contribution is 2.21. The summed E-state index contributed by atoms with van der Waals surface area (Å²) in [7, 11) is -3.31. The van der Waals surface area contributed by atoms with E-state index in [1.54, 1.807) is 35.7 Å². The van der Waals surface area contributed by atoms with Crippen LogP contribution < -0.4 is 15.8 Å². The molecule has 0 aliphatic carbocycles. The first-order valence-electron chi connectivity index (χ1n) is 5.57. The Hall–Kier alpha value is -2.06. The summed E-state index contributed by atoms with van der Waals surface area (Å²) in [5.41, 5.74) is 7.08. The van der Waals surface area contributed by atoms with E-state index < -0.39 is 10.0 Å². The highest BCUT2D eigenvalue weighted by atomic mass is 32.2. The van der Waals surface area contributed by atoms with Gasteiger partial charge in [-0.25, -0.2) is 8.42 Å². The monoisotopic (exact) mass is 311 g/mol. The second-order valence-electron chi connectivity index (χ2n) is 4.11. The summed E-state index contributed by atoms with van der Waals surface area (Å²) in [4.78, 5) is 12.4. The molecule has 106 valence electrons. The van der Waals surface area contributed by atoms with Gasteiger partial charge in [-0.2, -0.15) is 0 Å². The molecule has 2 rings (SSSR count). The number of carbonyl (C=O) groups is 1. The average Bonchev–Trinajstić information content (AvgIpc) is 2.76. The summed E-state index contributed by atoms with van der Waals surface area (Å²) >= 11 is 1.26. The van der Waals surface area contributed by atoms with E-state index in [-0.39, 0.29) is 5.91 Å². The maximum Gasteiger partial charge on any atom is 0.267 e. The molecular weight excluding hydrogens is 298 g/mol. The fourth-order valence-corrected chi connectivity index (χ4v) is 2.80. The quantitative estimate of drug-likeness (QED) is 0.803. The minimum absolute atomic E-state index is 0.290. The molecule has 6 nitrogen and oxygen atoms in total. The Balaban J connectivity index is 2.08. The van der Waals surface area contributed by atoms with Crippen molar-refractivity contribution in [3.05, 3.63) is 40.6 Å². The van der Waals surface area contributed by atoms with Gasteiger partial charge in [0.05, 0.1) is 11.9 Å². The Morgan fingerprint density at radius 2 is 1.75 bits per heavy atom. The molecule has 0 radical (unpaired) electrons. The molecule has 0 fully saturated rings. The lowest BCUT2D eigenvalue weighted by Gasteiger charge is -2.07. The first-order chi connectivity index (χ1) is 9.35. The molecule has 0 aliphatic rings. The van der Waals surface area contributed by atoms with Crippen molar-refractivity contribution < 1.29 is 13.2 Å². The van der Waals surface area contributed by atoms with E-state index in [2.05, 4.69) is 10.0 Å². The summed E-state index contributed by atoms with van der Waals surface area (Å²) in [5.74, 6) is -0.290. The van der Waals surface area contributed by atoms with Crippen LogP contribution in [0.1, 0.15) is 9.67 Å². The number of nitrogens with two attached hydrogens (primary N) is 1. The number of sulfonamides is 1. The summed E-state index contributed by atoms with van der Waals surface area (Å²) in [5, 5.41) is 4.43. The van der Waals surface area contributed by atoms with E-state index in [1.165, 1.54) is 11.3 Å². The summed E-state index contributed by atoms with van der Waals surface area (Å²) in [6, 6.07) is 8.01. The van der Waals surface area contributed by atoms with E-state index in [4.69, 9.17) is 5.73 Å². The zero-order chi connectivity index (χ0) is 14.8. The smallest absolute Gasteiger partial charge is 0.267 e. The van der Waals surface area contributed by atoms with E-state index in [9.17, 15) is 13.2 Å². The highest BCUT2D eigenvalue weighted by molar-refractivity contribution is 7.92. The van der Waals surface area contributed by atoms with Gasteiger partial charge in [0.1, 0.15) is 4.88 Å². The van der Waals surface area contributed by atoms with Gasteiger partial charge in [0.15, 0.2) is 0 Å². The van der Waals surface area contributed by atoms with Gasteiger partial charge in [-0.1, -0.05) is 0 Å². The third-order valence-electron chi connectivity index (χ3n) is 2.35. The molecule has 0 bridgehead atoms. The largest absolute Gasteiger partial charge is 0.397 e. The second-order valence-corrected chi connectivity index (χ2v) is 6.78. The number of rotatable bonds is 4. The molecule has 1 amide bonds. The first kappa shape index (κ1) is 14.4. The van der Waals surface area contributed by atoms with Gasteiger partial charge in [-0.15, -0.1) is 11.3 Å². The van der Waals surface area contributed by atoms with Crippen LogP contribution in [0, 0.1) is 0 Å². The zero-order valence-electron chi connectivity index (χ0n) is 10.6. The van der Waals surface area contributed by atoms with Crippen molar-refractivity contribution in [2.24, 2.45) is 0 Å². The van der Waals surface area contributed by atoms with E-state index in [0.717, 1.165) is 6.26 Å². The lowest BCUT2D eigenvalue weighted by atomic mass is 10.3. The fourth-order valence-electron chi connectivity index (χ4n) is 1.53. The molecule has 1 aromatic carbocycles. The van der Waals surface area contributed by atoms with Crippen molar-refractivity contribution in [3.8, 4) is 0 Å². The number of hydrogen-bond acceptors (Lipinski definition) is 5. The second kappa shape index (κ2) is 5.51. The Morgan fingerprint density at radius 3 is 2.25 bits per heavy atom. The standard InChI is InChI=1S/C12H13N3O3S2/c1-20(17,18)15-9-4-2-8(3-5-9)14-12(16)11-10(13)6-7-19-11/h2-7,15H,13H2,1H3,(H,14,16). The van der Waals surface area contributed by atoms with Gasteiger partial charge in [0, 0.05) is 11.4 Å². The molecule has 2 aromatic rings. The number of hydrogen-bond donors (Lipinski definition) is 3. The Bertz CT molecular complexity index is 721. The third kappa shape index (κ3) is 3.72. The van der Waals surface area contributed by atoms with Gasteiger partial charge < -0.3 is 11.1 Å². The molecule has 0 aliphatic heterocycles. The Morgan fingerprint density at radius 1 is 1.15 bits per heavy atom. The van der Waals surface area contributed by atoms with Crippen LogP contribution in [0.4, 0.5) is 17.1 Å². The van der Waals surface area contributed by atoms with Crippen molar-refractivity contribution in [1.82, 2.24) is 0 Å². The number of carbonyl (C=O) groups excluding carboxylic acids is 1. The Kier molecular flexibility index (Phi) is 3.96. The molecule has 0 spiro atoms. The Labute approximate surface area is 120 Å². The van der Waals surface area contributed by atoms with Crippen molar-refractivity contribution in [1.29, 1.82) is 0 Å². The van der Waals surface area contributed by atoms with Gasteiger partial charge in [-0.3, -0.25) is 9.52 Å². The molecule has 1 heterocycles. The van der Waals surface area contributed by atoms with Crippen LogP contribution in [0.5, 0.6) is 0 Å². The minimum Gasteiger partial charge on any atom is -0.397 e. The molecule has 0 saturated carbocycles. The predicted octanol–water partition coefficient (Wildman–Crippen LogP) is 1.95. The number of benzene rings is 1. The van der Waals surface area contributed by atoms with Crippen molar-refractivity contribution in [2.75, 3.05) is 22.0 Å². The van der Waals surface area contributed by atoms with Crippen LogP contribution in [0.15, 0.2) is 35.7 Å². The SMILES string of the molecule is CS(=O)(=O)Nc1ccc(NC(=O)c2sccc2N)cc1. The molecule has 0 atom stereocenters. The molecule has 20 heavy (non-hydrogen) atoms. The number of nitrogens with one attached hydrogen (secondary N) is 2. The van der Waals surface area contributed by atoms with Gasteiger partial charge in [0.2, 0.25) is 10.0 Å². The first-order valence-corrected chi connectivity index (χ1v) is 8.34. The van der Waals surface area contributed by atoms with Crippen LogP contribution in [-0.4, -0.2) is 20.6 Å². The summed E-state index contributed by atoms with van der Waals surface area (Å²) < 4.78 is 24.5. The van der Waals surface area contributed by atoms with Crippen LogP contribution in [0.25, 0.3) is 0 Å².